The summed E-state index contributed by atoms with van der Waals surface area (Å²) in [5.41, 5.74) is 0. The molecule has 0 saturated heterocycles. The molecule has 0 aliphatic heterocycles. The quantitative estimate of drug-likeness (QED) is 0.0222. The van der Waals surface area contributed by atoms with Gasteiger partial charge in [-0.1, -0.05) is 266 Å². The van der Waals surface area contributed by atoms with Crippen molar-refractivity contribution in [3.63, 3.8) is 0 Å². The van der Waals surface area contributed by atoms with Crippen molar-refractivity contribution >= 4 is 39.5 Å². The fraction of sp³-hybridized carbons (Fsp3) is 0.938. The van der Waals surface area contributed by atoms with Crippen molar-refractivity contribution in [2.75, 3.05) is 39.6 Å². The first-order chi connectivity index (χ1) is 39.9. The summed E-state index contributed by atoms with van der Waals surface area (Å²) in [5.74, 6) is -0.706. The van der Waals surface area contributed by atoms with E-state index < -0.39 is 97.5 Å². The third-order valence-corrected chi connectivity index (χ3v) is 16.6. The molecule has 5 atom stereocenters. The molecule has 0 spiro atoms. The van der Waals surface area contributed by atoms with E-state index >= 15 is 0 Å². The van der Waals surface area contributed by atoms with Crippen LogP contribution in [0.5, 0.6) is 0 Å². The second-order valence-corrected chi connectivity index (χ2v) is 27.0. The second-order valence-electron chi connectivity index (χ2n) is 24.1. The first-order valence-electron chi connectivity index (χ1n) is 33.5. The van der Waals surface area contributed by atoms with E-state index in [-0.39, 0.29) is 25.7 Å². The molecule has 0 heterocycles. The number of rotatable bonds is 63. The maximum absolute atomic E-state index is 13.0. The van der Waals surface area contributed by atoms with Crippen LogP contribution in [0.3, 0.4) is 0 Å². The highest BCUT2D eigenvalue weighted by Gasteiger charge is 2.30. The second kappa shape index (κ2) is 56.6. The Morgan fingerprint density at radius 2 is 0.554 bits per heavy atom. The summed E-state index contributed by atoms with van der Waals surface area (Å²) in [6.45, 7) is 9.32. The zero-order valence-corrected chi connectivity index (χ0v) is 55.3. The lowest BCUT2D eigenvalue weighted by Gasteiger charge is -2.21. The minimum atomic E-state index is -4.94. The van der Waals surface area contributed by atoms with Gasteiger partial charge in [0.2, 0.25) is 0 Å². The maximum Gasteiger partial charge on any atom is 0.472 e. The number of esters is 4. The van der Waals surface area contributed by atoms with Crippen molar-refractivity contribution < 1.29 is 80.2 Å². The average Bonchev–Trinajstić information content (AvgIpc) is 3.45. The minimum absolute atomic E-state index is 0.101. The van der Waals surface area contributed by atoms with Gasteiger partial charge < -0.3 is 33.8 Å². The van der Waals surface area contributed by atoms with Crippen molar-refractivity contribution in [1.29, 1.82) is 0 Å². The number of ether oxygens (including phenoxy) is 4. The van der Waals surface area contributed by atoms with E-state index in [9.17, 15) is 43.2 Å². The molecule has 0 amide bonds. The molecule has 17 nitrogen and oxygen atoms in total. The number of aliphatic hydroxyl groups is 1. The summed E-state index contributed by atoms with van der Waals surface area (Å²) in [7, 11) is -9.88. The number of unbranched alkanes of at least 4 members (excludes halogenated alkanes) is 33. The highest BCUT2D eigenvalue weighted by molar-refractivity contribution is 7.47. The molecule has 0 aliphatic rings. The number of aliphatic hydroxyl groups excluding tert-OH is 1. The molecular formula is C64H124O17P2. The molecule has 0 aromatic rings. The predicted molar refractivity (Wildman–Crippen MR) is 331 cm³/mol. The number of hydrogen-bond acceptors (Lipinski definition) is 15. The van der Waals surface area contributed by atoms with E-state index in [4.69, 9.17) is 37.0 Å². The van der Waals surface area contributed by atoms with Gasteiger partial charge in [-0.3, -0.25) is 37.3 Å². The van der Waals surface area contributed by atoms with E-state index in [0.717, 1.165) is 102 Å². The Bertz CT molecular complexity index is 1630. The van der Waals surface area contributed by atoms with Crippen LogP contribution in [-0.4, -0.2) is 96.7 Å². The Kier molecular flexibility index (Phi) is 55.2. The topological polar surface area (TPSA) is 237 Å². The number of carbonyl (C=O) groups is 4. The van der Waals surface area contributed by atoms with Crippen LogP contribution in [0.4, 0.5) is 0 Å². The van der Waals surface area contributed by atoms with Crippen LogP contribution in [0.2, 0.25) is 0 Å². The van der Waals surface area contributed by atoms with Crippen LogP contribution in [0.15, 0.2) is 0 Å². The standard InChI is InChI=1S/C64H124O17P2/c1-7-9-11-13-14-15-16-17-18-19-22-26-29-36-42-48-63(68)80-60(53-75-62(67)47-41-35-28-25-23-20-21-24-27-33-38-44-56(3)4)55-79-83(72,73)77-51-58(65)50-76-82(70,71)78-54-59(52-74-61(66)46-40-32-12-10-8-2)81-64(69)49-43-37-31-30-34-39-45-57(5)6/h56-60,65H,7-55H2,1-6H3,(H,70,71)(H,72,73)/t58-,59+,60+/m0/s1. The lowest BCUT2D eigenvalue weighted by molar-refractivity contribution is -0.161. The minimum Gasteiger partial charge on any atom is -0.462 e. The maximum atomic E-state index is 13.0. The summed E-state index contributed by atoms with van der Waals surface area (Å²) < 4.78 is 67.8. The molecular weight excluding hydrogens is 1100 g/mol. The van der Waals surface area contributed by atoms with Crippen LogP contribution in [-0.2, 0) is 65.4 Å². The van der Waals surface area contributed by atoms with Crippen molar-refractivity contribution in [1.82, 2.24) is 0 Å². The van der Waals surface area contributed by atoms with Crippen LogP contribution in [0.25, 0.3) is 0 Å². The average molecular weight is 1230 g/mol. The van der Waals surface area contributed by atoms with Gasteiger partial charge in [0.05, 0.1) is 26.4 Å². The smallest absolute Gasteiger partial charge is 0.462 e. The van der Waals surface area contributed by atoms with E-state index in [1.807, 2.05) is 0 Å². The zero-order chi connectivity index (χ0) is 61.5. The molecule has 0 saturated carbocycles. The van der Waals surface area contributed by atoms with Gasteiger partial charge in [0, 0.05) is 25.7 Å². The monoisotopic (exact) mass is 1230 g/mol. The fourth-order valence-corrected chi connectivity index (χ4v) is 11.1. The van der Waals surface area contributed by atoms with Crippen LogP contribution in [0.1, 0.15) is 318 Å². The summed E-state index contributed by atoms with van der Waals surface area (Å²) >= 11 is 0. The molecule has 0 aromatic carbocycles. The summed E-state index contributed by atoms with van der Waals surface area (Å²) in [6.07, 6.45) is 39.5. The molecule has 19 heteroatoms. The van der Waals surface area contributed by atoms with Crippen LogP contribution < -0.4 is 0 Å². The normalized spacial score (nSPS) is 14.3. The Balaban J connectivity index is 5.17. The molecule has 3 N–H and O–H groups in total. The molecule has 492 valence electrons. The van der Waals surface area contributed by atoms with E-state index in [1.165, 1.54) is 128 Å². The molecule has 83 heavy (non-hydrogen) atoms. The third-order valence-electron chi connectivity index (χ3n) is 14.7. The predicted octanol–water partition coefficient (Wildman–Crippen LogP) is 17.7. The number of hydrogen-bond donors (Lipinski definition) is 3. The molecule has 0 fully saturated rings. The first-order valence-corrected chi connectivity index (χ1v) is 36.5. The lowest BCUT2D eigenvalue weighted by Crippen LogP contribution is -2.30. The van der Waals surface area contributed by atoms with Gasteiger partial charge >= 0.3 is 39.5 Å². The van der Waals surface area contributed by atoms with Crippen LogP contribution in [0, 0.1) is 11.8 Å². The molecule has 0 rings (SSSR count). The molecule has 0 aliphatic carbocycles. The lowest BCUT2D eigenvalue weighted by atomic mass is 10.0. The van der Waals surface area contributed by atoms with Gasteiger partial charge in [0.1, 0.15) is 19.3 Å². The van der Waals surface area contributed by atoms with Gasteiger partial charge in [-0.05, 0) is 37.5 Å². The number of phosphoric acid groups is 2. The van der Waals surface area contributed by atoms with E-state index in [0.29, 0.717) is 31.6 Å². The third kappa shape index (κ3) is 58.8. The zero-order valence-electron chi connectivity index (χ0n) is 53.5. The summed E-state index contributed by atoms with van der Waals surface area (Å²) in [6, 6.07) is 0. The fourth-order valence-electron chi connectivity index (χ4n) is 9.53. The van der Waals surface area contributed by atoms with Gasteiger partial charge in [-0.2, -0.15) is 0 Å². The number of phosphoric ester groups is 2. The Morgan fingerprint density at radius 3 is 0.819 bits per heavy atom. The highest BCUT2D eigenvalue weighted by atomic mass is 31.2. The van der Waals surface area contributed by atoms with Gasteiger partial charge in [-0.15, -0.1) is 0 Å². The van der Waals surface area contributed by atoms with Crippen molar-refractivity contribution in [2.24, 2.45) is 11.8 Å². The van der Waals surface area contributed by atoms with Gasteiger partial charge in [0.25, 0.3) is 0 Å². The van der Waals surface area contributed by atoms with Crippen molar-refractivity contribution in [2.45, 2.75) is 336 Å². The molecule has 0 radical (unpaired) electrons. The van der Waals surface area contributed by atoms with E-state index in [1.54, 1.807) is 0 Å². The van der Waals surface area contributed by atoms with Crippen molar-refractivity contribution in [3.8, 4) is 0 Å². The number of carbonyl (C=O) groups excluding carboxylic acids is 4. The summed E-state index contributed by atoms with van der Waals surface area (Å²) in [4.78, 5) is 71.9. The SMILES string of the molecule is CCCCCCCCCCCCCCCCCC(=O)O[C@H](COC(=O)CCCCCCCCCCCCCC(C)C)COP(=O)(O)OC[C@@H](O)COP(=O)(O)OC[C@@H](COC(=O)CCCCCCC)OC(=O)CCCCCCCCC(C)C. The first kappa shape index (κ1) is 81.1. The van der Waals surface area contributed by atoms with E-state index in [2.05, 4.69) is 41.5 Å². The highest BCUT2D eigenvalue weighted by Crippen LogP contribution is 2.45. The largest absolute Gasteiger partial charge is 0.472 e. The molecule has 0 aromatic heterocycles. The molecule has 0 bridgehead atoms. The summed E-state index contributed by atoms with van der Waals surface area (Å²) in [5, 5.41) is 10.5. The Labute approximate surface area is 505 Å². The molecule has 2 unspecified atom stereocenters. The van der Waals surface area contributed by atoms with Crippen LogP contribution >= 0.6 is 15.6 Å². The van der Waals surface area contributed by atoms with Crippen molar-refractivity contribution in [3.05, 3.63) is 0 Å². The van der Waals surface area contributed by atoms with Gasteiger partial charge in [-0.25, -0.2) is 9.13 Å². The Morgan fingerprint density at radius 1 is 0.325 bits per heavy atom. The van der Waals surface area contributed by atoms with Gasteiger partial charge in [0.15, 0.2) is 12.2 Å². The Hall–Kier alpha value is -1.94.